The molecule has 2 aromatic carbocycles. The van der Waals surface area contributed by atoms with Crippen LogP contribution in [0.5, 0.6) is 0 Å². The molecule has 0 N–H and O–H groups in total. The lowest BCUT2D eigenvalue weighted by Crippen LogP contribution is -2.37. The fourth-order valence-electron chi connectivity index (χ4n) is 2.61. The maximum atomic E-state index is 7.86. The van der Waals surface area contributed by atoms with Crippen molar-refractivity contribution >= 4 is 13.3 Å². The van der Waals surface area contributed by atoms with Crippen molar-refractivity contribution < 1.29 is 8.22 Å². The van der Waals surface area contributed by atoms with Gasteiger partial charge in [-0.15, -0.1) is 0 Å². The summed E-state index contributed by atoms with van der Waals surface area (Å²) < 4.78 is 47.2. The molecule has 116 valence electrons. The number of hydrogen-bond donors (Lipinski definition) is 0. The molecule has 1 nitrogen and oxygen atoms in total. The Bertz CT molecular complexity index is 980. The van der Waals surface area contributed by atoms with Crippen molar-refractivity contribution in [3.05, 3.63) is 72.4 Å². The van der Waals surface area contributed by atoms with E-state index in [1.54, 1.807) is 30.5 Å². The Hall–Kier alpha value is -2.19. The Morgan fingerprint density at radius 2 is 1.61 bits per heavy atom. The third-order valence-corrected chi connectivity index (χ3v) is 5.44. The van der Waals surface area contributed by atoms with Gasteiger partial charge in [0.1, 0.15) is 0 Å². The SMILES string of the molecule is [2H]C([2H])([2H])[Si](C)(c1ccc(-c2cnc(-c3ccccc3)cc2C)cc1)C([2H])([2H])[2H]. The fourth-order valence-corrected chi connectivity index (χ4v) is 3.44. The Morgan fingerprint density at radius 1 is 0.913 bits per heavy atom. The van der Waals surface area contributed by atoms with Gasteiger partial charge >= 0.3 is 0 Å². The van der Waals surface area contributed by atoms with Gasteiger partial charge in [0, 0.05) is 25.5 Å². The first kappa shape index (κ1) is 9.84. The number of nitrogens with zero attached hydrogens (tertiary/aromatic N) is 1. The van der Waals surface area contributed by atoms with E-state index >= 15 is 0 Å². The second-order valence-electron chi connectivity index (χ2n) is 5.95. The summed E-state index contributed by atoms with van der Waals surface area (Å²) in [5, 5.41) is 0.410. The van der Waals surface area contributed by atoms with Crippen LogP contribution in [0.2, 0.25) is 19.5 Å². The average Bonchev–Trinajstić information content (AvgIpc) is 2.66. The molecule has 0 amide bonds. The van der Waals surface area contributed by atoms with E-state index in [-0.39, 0.29) is 0 Å². The molecule has 0 aliphatic carbocycles. The lowest BCUT2D eigenvalue weighted by molar-refractivity contribution is 1.29. The highest BCUT2D eigenvalue weighted by molar-refractivity contribution is 6.88. The molecular formula is C21H23NSi. The highest BCUT2D eigenvalue weighted by atomic mass is 28.3. The summed E-state index contributed by atoms with van der Waals surface area (Å²) in [4.78, 5) is 4.56. The quantitative estimate of drug-likeness (QED) is 0.598. The molecule has 1 heterocycles. The van der Waals surface area contributed by atoms with E-state index in [1.165, 1.54) is 6.55 Å². The van der Waals surface area contributed by atoms with E-state index in [0.717, 1.165) is 27.9 Å². The smallest absolute Gasteiger partial charge is 0.0775 e. The molecule has 0 spiro atoms. The third-order valence-electron chi connectivity index (χ3n) is 3.95. The number of aryl methyl sites for hydroxylation is 1. The van der Waals surface area contributed by atoms with E-state index in [4.69, 9.17) is 8.22 Å². The highest BCUT2D eigenvalue weighted by Gasteiger charge is 2.16. The maximum Gasteiger partial charge on any atom is 0.0775 e. The van der Waals surface area contributed by atoms with E-state index < -0.39 is 21.0 Å². The molecule has 0 saturated carbocycles. The van der Waals surface area contributed by atoms with Crippen LogP contribution < -0.4 is 5.19 Å². The standard InChI is InChI=1S/C21H23NSi/c1-16-14-21(18-8-6-5-7-9-18)22-15-20(16)17-10-12-19(13-11-17)23(2,3)4/h5-15H,1-4H3/i2D3,3D3. The summed E-state index contributed by atoms with van der Waals surface area (Å²) in [5.41, 5.74) is 4.77. The van der Waals surface area contributed by atoms with Crippen molar-refractivity contribution in [2.24, 2.45) is 0 Å². The summed E-state index contributed by atoms with van der Waals surface area (Å²) in [5.74, 6) is 0. The Labute approximate surface area is 148 Å². The summed E-state index contributed by atoms with van der Waals surface area (Å²) >= 11 is 0. The van der Waals surface area contributed by atoms with Gasteiger partial charge in [-0.1, -0.05) is 79.3 Å². The minimum Gasteiger partial charge on any atom is -0.256 e. The molecule has 0 atom stereocenters. The lowest BCUT2D eigenvalue weighted by Gasteiger charge is -2.17. The zero-order valence-electron chi connectivity index (χ0n) is 19.3. The van der Waals surface area contributed by atoms with Gasteiger partial charge in [0.25, 0.3) is 0 Å². The predicted octanol–water partition coefficient (Wildman–Crippen LogP) is 5.27. The van der Waals surface area contributed by atoms with Crippen LogP contribution in [0.25, 0.3) is 22.4 Å². The Balaban J connectivity index is 1.99. The van der Waals surface area contributed by atoms with E-state index in [1.807, 2.05) is 43.3 Å². The molecule has 1 aromatic heterocycles. The summed E-state index contributed by atoms with van der Waals surface area (Å²) in [6.07, 6.45) is 1.80. The molecule has 23 heavy (non-hydrogen) atoms. The van der Waals surface area contributed by atoms with Gasteiger partial charge in [-0.25, -0.2) is 0 Å². The van der Waals surface area contributed by atoms with Crippen LogP contribution in [0.1, 0.15) is 13.8 Å². The summed E-state index contributed by atoms with van der Waals surface area (Å²) in [6, 6.07) is 18.8. The first-order chi connectivity index (χ1) is 13.4. The molecule has 2 heteroatoms. The van der Waals surface area contributed by atoms with E-state index in [9.17, 15) is 0 Å². The summed E-state index contributed by atoms with van der Waals surface area (Å²) in [6.45, 7) is -1.62. The van der Waals surface area contributed by atoms with Gasteiger partial charge in [-0.3, -0.25) is 4.98 Å². The fraction of sp³-hybridized carbons (Fsp3) is 0.190. The molecule has 0 radical (unpaired) electrons. The van der Waals surface area contributed by atoms with Crippen molar-refractivity contribution in [3.63, 3.8) is 0 Å². The average molecular weight is 324 g/mol. The highest BCUT2D eigenvalue weighted by Crippen LogP contribution is 2.26. The Morgan fingerprint density at radius 3 is 2.22 bits per heavy atom. The molecular weight excluding hydrogens is 294 g/mol. The number of benzene rings is 2. The molecule has 0 saturated heterocycles. The van der Waals surface area contributed by atoms with Crippen molar-refractivity contribution in [1.82, 2.24) is 4.98 Å². The van der Waals surface area contributed by atoms with Gasteiger partial charge in [0.15, 0.2) is 0 Å². The van der Waals surface area contributed by atoms with Gasteiger partial charge in [-0.2, -0.15) is 0 Å². The molecule has 0 unspecified atom stereocenters. The van der Waals surface area contributed by atoms with Crippen molar-refractivity contribution in [1.29, 1.82) is 0 Å². The Kier molecular flexibility index (Phi) is 2.62. The van der Waals surface area contributed by atoms with Crippen LogP contribution in [0, 0.1) is 6.92 Å². The molecule has 0 aliphatic heterocycles. The van der Waals surface area contributed by atoms with E-state index in [0.29, 0.717) is 5.19 Å². The van der Waals surface area contributed by atoms with E-state index in [2.05, 4.69) is 4.98 Å². The zero-order valence-corrected chi connectivity index (χ0v) is 14.3. The largest absolute Gasteiger partial charge is 0.256 e. The summed E-state index contributed by atoms with van der Waals surface area (Å²) in [7, 11) is -3.73. The number of hydrogen-bond acceptors (Lipinski definition) is 1. The second-order valence-corrected chi connectivity index (χ2v) is 8.78. The first-order valence-corrected chi connectivity index (χ1v) is 10.1. The number of pyridine rings is 1. The monoisotopic (exact) mass is 323 g/mol. The van der Waals surface area contributed by atoms with Crippen LogP contribution >= 0.6 is 0 Å². The molecule has 0 bridgehead atoms. The van der Waals surface area contributed by atoms with Gasteiger partial charge in [0.2, 0.25) is 0 Å². The van der Waals surface area contributed by atoms with Gasteiger partial charge in [0.05, 0.1) is 13.8 Å². The normalized spacial score (nSPS) is 16.4. The third kappa shape index (κ3) is 3.43. The second kappa shape index (κ2) is 6.13. The van der Waals surface area contributed by atoms with Crippen LogP contribution in [0.4, 0.5) is 0 Å². The van der Waals surface area contributed by atoms with Gasteiger partial charge < -0.3 is 0 Å². The topological polar surface area (TPSA) is 12.9 Å². The number of rotatable bonds is 3. The van der Waals surface area contributed by atoms with Crippen LogP contribution in [-0.4, -0.2) is 13.1 Å². The molecule has 0 fully saturated rings. The molecule has 0 aliphatic rings. The maximum absolute atomic E-state index is 7.86. The minimum absolute atomic E-state index is 0.410. The minimum atomic E-state index is -3.73. The van der Waals surface area contributed by atoms with Crippen LogP contribution in [0.3, 0.4) is 0 Å². The van der Waals surface area contributed by atoms with Crippen LogP contribution in [-0.2, 0) is 0 Å². The molecule has 3 rings (SSSR count). The van der Waals surface area contributed by atoms with Gasteiger partial charge in [-0.05, 0) is 24.1 Å². The lowest BCUT2D eigenvalue weighted by atomic mass is 10.0. The van der Waals surface area contributed by atoms with Crippen molar-refractivity contribution in [3.8, 4) is 22.4 Å². The molecule has 3 aromatic rings. The first-order valence-electron chi connectivity index (χ1n) is 10.6. The van der Waals surface area contributed by atoms with Crippen molar-refractivity contribution in [2.75, 3.05) is 0 Å². The zero-order chi connectivity index (χ0) is 21.4. The van der Waals surface area contributed by atoms with Crippen LogP contribution in [0.15, 0.2) is 66.9 Å². The number of aromatic nitrogens is 1. The van der Waals surface area contributed by atoms with Crippen molar-refractivity contribution in [2.45, 2.75) is 26.4 Å². The predicted molar refractivity (Wildman–Crippen MR) is 103 cm³/mol.